The van der Waals surface area contributed by atoms with Crippen LogP contribution in [-0.4, -0.2) is 90.8 Å². The van der Waals surface area contributed by atoms with Crippen LogP contribution in [0.1, 0.15) is 39.5 Å². The molecule has 14 nitrogen and oxygen atoms in total. The smallest absolute Gasteiger partial charge is 0.397 e. The number of alkyl halides is 3. The van der Waals surface area contributed by atoms with Crippen molar-refractivity contribution in [3.8, 4) is 22.6 Å². The number of carbonyl (C=O) groups excluding carboxylic acids is 3. The van der Waals surface area contributed by atoms with Gasteiger partial charge >= 0.3 is 6.18 Å². The van der Waals surface area contributed by atoms with Gasteiger partial charge in [-0.15, -0.1) is 0 Å². The minimum absolute atomic E-state index is 0.0366. The number of aromatic nitrogens is 5. The number of hydrogen-bond acceptors (Lipinski definition) is 9. The van der Waals surface area contributed by atoms with Gasteiger partial charge in [-0.1, -0.05) is 11.6 Å². The van der Waals surface area contributed by atoms with E-state index in [0.717, 1.165) is 6.20 Å². The highest BCUT2D eigenvalue weighted by Crippen LogP contribution is 2.41. The predicted molar refractivity (Wildman–Crippen MR) is 172 cm³/mol. The van der Waals surface area contributed by atoms with Gasteiger partial charge in [-0.2, -0.15) is 18.3 Å². The van der Waals surface area contributed by atoms with Crippen LogP contribution in [0.2, 0.25) is 5.02 Å². The molecule has 3 amide bonds. The molecule has 49 heavy (non-hydrogen) atoms. The zero-order chi connectivity index (χ0) is 35.0. The van der Waals surface area contributed by atoms with E-state index in [4.69, 9.17) is 17.3 Å². The molecule has 18 heteroatoms. The highest BCUT2D eigenvalue weighted by molar-refractivity contribution is 6.34. The van der Waals surface area contributed by atoms with Crippen molar-refractivity contribution in [1.29, 1.82) is 0 Å². The molecule has 3 aromatic heterocycles. The Kier molecular flexibility index (Phi) is 9.32. The molecular weight excluding hydrogens is 669 g/mol. The van der Waals surface area contributed by atoms with Crippen LogP contribution in [0.25, 0.3) is 22.6 Å². The van der Waals surface area contributed by atoms with Gasteiger partial charge in [0.2, 0.25) is 5.91 Å². The highest BCUT2D eigenvalue weighted by Gasteiger charge is 2.40. The van der Waals surface area contributed by atoms with Crippen molar-refractivity contribution in [1.82, 2.24) is 40.3 Å². The maximum Gasteiger partial charge on any atom is 0.435 e. The van der Waals surface area contributed by atoms with Gasteiger partial charge in [-0.3, -0.25) is 24.5 Å². The van der Waals surface area contributed by atoms with Crippen LogP contribution >= 0.6 is 11.6 Å². The Labute approximate surface area is 282 Å². The lowest BCUT2D eigenvalue weighted by Gasteiger charge is -2.18. The van der Waals surface area contributed by atoms with Crippen LogP contribution in [0, 0.1) is 5.92 Å². The lowest BCUT2D eigenvalue weighted by molar-refractivity contribution is -0.140. The van der Waals surface area contributed by atoms with E-state index >= 15 is 0 Å². The summed E-state index contributed by atoms with van der Waals surface area (Å²) in [5.74, 6) is -1.38. The number of H-pyrrole nitrogens is 1. The Morgan fingerprint density at radius 1 is 1.16 bits per heavy atom. The molecule has 6 rings (SSSR count). The summed E-state index contributed by atoms with van der Waals surface area (Å²) < 4.78 is 43.2. The third-order valence-corrected chi connectivity index (χ3v) is 8.86. The predicted octanol–water partition coefficient (Wildman–Crippen LogP) is 2.68. The first-order valence-corrected chi connectivity index (χ1v) is 15.7. The zero-order valence-corrected chi connectivity index (χ0v) is 26.8. The number of amides is 3. The molecule has 5 heterocycles. The second-order valence-corrected chi connectivity index (χ2v) is 12.4. The molecule has 7 N–H and O–H groups in total. The summed E-state index contributed by atoms with van der Waals surface area (Å²) in [4.78, 5) is 48.7. The van der Waals surface area contributed by atoms with Crippen LogP contribution in [0.5, 0.6) is 0 Å². The van der Waals surface area contributed by atoms with Crippen molar-refractivity contribution < 1.29 is 32.7 Å². The third-order valence-electron chi connectivity index (χ3n) is 8.54. The fourth-order valence-corrected chi connectivity index (χ4v) is 6.24. The Morgan fingerprint density at radius 3 is 2.63 bits per heavy atom. The van der Waals surface area contributed by atoms with Crippen LogP contribution in [0.3, 0.4) is 0 Å². The first-order valence-electron chi connectivity index (χ1n) is 15.3. The maximum absolute atomic E-state index is 14.0. The molecule has 0 unspecified atom stereocenters. The van der Waals surface area contributed by atoms with Gasteiger partial charge in [0.25, 0.3) is 11.8 Å². The van der Waals surface area contributed by atoms with Gasteiger partial charge in [-0.25, -0.2) is 4.98 Å². The van der Waals surface area contributed by atoms with E-state index in [2.05, 4.69) is 36.1 Å². The number of aliphatic hydroxyl groups is 1. The van der Waals surface area contributed by atoms with Gasteiger partial charge in [0.1, 0.15) is 0 Å². The highest BCUT2D eigenvalue weighted by atomic mass is 35.5. The van der Waals surface area contributed by atoms with Gasteiger partial charge in [0.05, 0.1) is 63.5 Å². The lowest BCUT2D eigenvalue weighted by atomic mass is 10.1. The molecule has 0 radical (unpaired) electrons. The Morgan fingerprint density at radius 2 is 1.96 bits per heavy atom. The molecule has 2 fully saturated rings. The number of rotatable bonds is 8. The van der Waals surface area contributed by atoms with Crippen LogP contribution in [0.15, 0.2) is 42.7 Å². The number of hydrogen-bond donors (Lipinski definition) is 6. The normalized spacial score (nSPS) is 19.3. The summed E-state index contributed by atoms with van der Waals surface area (Å²) in [5.41, 5.74) is 4.97. The summed E-state index contributed by atoms with van der Waals surface area (Å²) in [6.45, 7) is 1.65. The van der Waals surface area contributed by atoms with E-state index in [1.54, 1.807) is 4.90 Å². The number of halogens is 4. The van der Waals surface area contributed by atoms with Crippen molar-refractivity contribution in [2.75, 3.05) is 37.2 Å². The molecule has 0 saturated carbocycles. The van der Waals surface area contributed by atoms with Crippen molar-refractivity contribution in [3.05, 3.63) is 64.8 Å². The number of imidazole rings is 1. The second-order valence-electron chi connectivity index (χ2n) is 12.0. The molecule has 0 aliphatic carbocycles. The Balaban J connectivity index is 1.12. The summed E-state index contributed by atoms with van der Waals surface area (Å²) in [6, 6.07) is 6.86. The van der Waals surface area contributed by atoms with Crippen molar-refractivity contribution >= 4 is 40.7 Å². The molecule has 3 atom stereocenters. The number of nitrogens with two attached hydrogens (primary N) is 1. The topological polar surface area (TPSA) is 196 Å². The number of aliphatic hydroxyl groups excluding tert-OH is 1. The minimum atomic E-state index is -4.83. The summed E-state index contributed by atoms with van der Waals surface area (Å²) in [5, 5.41) is 24.1. The quantitative estimate of drug-likeness (QED) is 0.160. The number of pyridine rings is 1. The Bertz CT molecular complexity index is 1890. The van der Waals surface area contributed by atoms with E-state index in [1.807, 2.05) is 0 Å². The largest absolute Gasteiger partial charge is 0.435 e. The average Bonchev–Trinajstić information content (AvgIpc) is 3.86. The fraction of sp³-hybridized carbons (Fsp3) is 0.355. The third kappa shape index (κ3) is 7.09. The number of nitrogen functional groups attached to an aromatic ring is 1. The Hall–Kier alpha value is -5.00. The number of nitrogens with zero attached hydrogens (tertiary/aromatic N) is 5. The van der Waals surface area contributed by atoms with Crippen molar-refractivity contribution in [3.63, 3.8) is 0 Å². The summed E-state index contributed by atoms with van der Waals surface area (Å²) >= 11 is 6.47. The molecule has 0 spiro atoms. The molecule has 1 aromatic carbocycles. The molecular formula is C31H32ClF3N10O4. The first kappa shape index (κ1) is 33.9. The maximum atomic E-state index is 14.0. The number of carbonyl (C=O) groups is 3. The number of likely N-dealkylation sites (tertiary alicyclic amines) is 1. The van der Waals surface area contributed by atoms with E-state index < -0.39 is 29.9 Å². The zero-order valence-electron chi connectivity index (χ0n) is 26.0. The summed E-state index contributed by atoms with van der Waals surface area (Å²) in [6.07, 6.45) is -1.90. The van der Waals surface area contributed by atoms with Gasteiger partial charge in [-0.05, 0) is 49.1 Å². The molecule has 4 aromatic rings. The van der Waals surface area contributed by atoms with Crippen molar-refractivity contribution in [2.45, 2.75) is 31.2 Å². The molecule has 2 aliphatic rings. The number of anilines is 2. The van der Waals surface area contributed by atoms with E-state index in [9.17, 15) is 32.7 Å². The first-order chi connectivity index (χ1) is 23.3. The van der Waals surface area contributed by atoms with E-state index in [-0.39, 0.29) is 62.5 Å². The number of β-amino-alcohol motifs (C(OH)–C–C–N with tert-alkyl or cyclic N) is 1. The minimum Gasteiger partial charge on any atom is -0.397 e. The van der Waals surface area contributed by atoms with Gasteiger partial charge < -0.3 is 36.3 Å². The number of aromatic amines is 1. The monoisotopic (exact) mass is 700 g/mol. The standard InChI is InChI=1S/C31H32ClF3N10O4/c1-44-23(24-25(21-5-2-16(36)11-37-21)42-43-26(24)31(33,34)35)13-39-27(44)29(48)41-17-3-4-19(20(32)8-17)30(49)45-7-6-15(14-45)10-40-28(47)22-9-18(46)12-38-22/h2-5,8,11,13,15,18,22,38,46H,6-7,9-10,12,14,36H2,1H3,(H,40,47)(H,41,48)(H,42,43)/t15-,18-,22+/m1/s1. The van der Waals surface area contributed by atoms with Gasteiger partial charge in [0.15, 0.2) is 11.5 Å². The fourth-order valence-electron chi connectivity index (χ4n) is 5.98. The molecule has 2 aliphatic heterocycles. The van der Waals surface area contributed by atoms with Crippen LogP contribution in [0.4, 0.5) is 24.5 Å². The van der Waals surface area contributed by atoms with Crippen LogP contribution < -0.4 is 21.7 Å². The number of benzene rings is 1. The molecule has 258 valence electrons. The second kappa shape index (κ2) is 13.5. The van der Waals surface area contributed by atoms with Crippen molar-refractivity contribution in [2.24, 2.45) is 13.0 Å². The summed E-state index contributed by atoms with van der Waals surface area (Å²) in [7, 11) is 1.39. The molecule has 0 bridgehead atoms. The SMILES string of the molecule is Cn1c(-c2c(C(F)(F)F)n[nH]c2-c2ccc(N)cn2)cnc1C(=O)Nc1ccc(C(=O)N2CC[C@H](CNC(=O)[C@@H]3C[C@@H](O)CN3)C2)c(Cl)c1. The average molecular weight is 701 g/mol. The number of nitrogens with one attached hydrogen (secondary N) is 4. The van der Waals surface area contributed by atoms with Gasteiger partial charge in [0, 0.05) is 38.9 Å². The van der Waals surface area contributed by atoms with Crippen LogP contribution in [-0.2, 0) is 18.0 Å². The molecule has 2 saturated heterocycles. The lowest BCUT2D eigenvalue weighted by Crippen LogP contribution is -2.42. The van der Waals surface area contributed by atoms with E-state index in [1.165, 1.54) is 48.1 Å². The van der Waals surface area contributed by atoms with E-state index in [0.29, 0.717) is 44.7 Å².